The summed E-state index contributed by atoms with van der Waals surface area (Å²) in [5.74, 6) is 3.98. The first kappa shape index (κ1) is 19.5. The summed E-state index contributed by atoms with van der Waals surface area (Å²) in [6.07, 6.45) is 8.70. The minimum atomic E-state index is -0.0912. The molecule has 1 nitrogen and oxygen atoms in total. The minimum Gasteiger partial charge on any atom is -0.493 e. The van der Waals surface area contributed by atoms with Crippen LogP contribution in [-0.4, -0.2) is 6.61 Å². The van der Waals surface area contributed by atoms with Crippen LogP contribution < -0.4 is 4.74 Å². The van der Waals surface area contributed by atoms with E-state index < -0.39 is 0 Å². The molecule has 2 heteroatoms. The molecule has 4 aliphatic carbocycles. The molecule has 3 aromatic rings. The first-order valence-corrected chi connectivity index (χ1v) is 13.1. The average Bonchev–Trinajstić information content (AvgIpc) is 2.79. The maximum Gasteiger partial charge on any atom is 0.166 e. The fourth-order valence-electron chi connectivity index (χ4n) is 6.90. The van der Waals surface area contributed by atoms with Crippen LogP contribution >= 0.6 is 0 Å². The minimum absolute atomic E-state index is 0.0912. The van der Waals surface area contributed by atoms with Crippen molar-refractivity contribution in [3.8, 4) is 5.75 Å². The van der Waals surface area contributed by atoms with Gasteiger partial charge in [0.05, 0.1) is 17.5 Å². The van der Waals surface area contributed by atoms with Crippen LogP contribution in [0, 0.1) is 23.2 Å². The van der Waals surface area contributed by atoms with Gasteiger partial charge in [-0.3, -0.25) is 0 Å². The average molecular weight is 428 g/mol. The summed E-state index contributed by atoms with van der Waals surface area (Å²) in [5, 5.41) is 0. The van der Waals surface area contributed by atoms with Crippen molar-refractivity contribution in [1.82, 2.24) is 0 Å². The van der Waals surface area contributed by atoms with Gasteiger partial charge in [-0.1, -0.05) is 36.4 Å². The molecule has 0 unspecified atom stereocenters. The van der Waals surface area contributed by atoms with E-state index >= 15 is 0 Å². The molecule has 0 N–H and O–H groups in total. The zero-order valence-electron chi connectivity index (χ0n) is 18.1. The van der Waals surface area contributed by atoms with E-state index in [9.17, 15) is 0 Å². The highest BCUT2D eigenvalue weighted by Crippen LogP contribution is 2.60. The first-order chi connectivity index (χ1) is 15.3. The van der Waals surface area contributed by atoms with E-state index in [0.29, 0.717) is 5.41 Å². The van der Waals surface area contributed by atoms with Gasteiger partial charge in [-0.15, -0.1) is 0 Å². The number of hydrogen-bond donors (Lipinski definition) is 0. The molecule has 0 atom stereocenters. The SMILES string of the molecule is c1ccc([S+](c2ccccc2)c2ccc(OCC34CC5CC(CC(C5)C3)C4)cc2)cc1. The maximum atomic E-state index is 6.44. The molecule has 0 aliphatic heterocycles. The Balaban J connectivity index is 1.21. The van der Waals surface area contributed by atoms with Crippen LogP contribution in [0.25, 0.3) is 0 Å². The third kappa shape index (κ3) is 3.91. The zero-order valence-corrected chi connectivity index (χ0v) is 18.9. The van der Waals surface area contributed by atoms with Crippen LogP contribution in [0.4, 0.5) is 0 Å². The molecule has 4 saturated carbocycles. The first-order valence-electron chi connectivity index (χ1n) is 11.8. The summed E-state index contributed by atoms with van der Waals surface area (Å²) in [7, 11) is -0.0912. The Hall–Kier alpha value is -2.19. The molecule has 0 heterocycles. The molecular formula is C29H31OS+. The van der Waals surface area contributed by atoms with Crippen molar-refractivity contribution >= 4 is 10.9 Å². The molecule has 0 aromatic heterocycles. The van der Waals surface area contributed by atoms with Crippen LogP contribution in [0.3, 0.4) is 0 Å². The number of benzene rings is 3. The van der Waals surface area contributed by atoms with Gasteiger partial charge in [-0.2, -0.15) is 0 Å². The normalized spacial score (nSPS) is 28.7. The third-order valence-electron chi connectivity index (χ3n) is 7.73. The molecule has 31 heavy (non-hydrogen) atoms. The molecule has 0 saturated heterocycles. The fourth-order valence-corrected chi connectivity index (χ4v) is 8.98. The van der Waals surface area contributed by atoms with Gasteiger partial charge in [0.2, 0.25) is 0 Å². The van der Waals surface area contributed by atoms with E-state index in [-0.39, 0.29) is 10.9 Å². The predicted octanol–water partition coefficient (Wildman–Crippen LogP) is 7.38. The summed E-state index contributed by atoms with van der Waals surface area (Å²) >= 11 is 0. The van der Waals surface area contributed by atoms with Crippen molar-refractivity contribution in [3.63, 3.8) is 0 Å². The van der Waals surface area contributed by atoms with E-state index in [1.54, 1.807) is 0 Å². The second kappa shape index (κ2) is 8.06. The van der Waals surface area contributed by atoms with E-state index in [1.165, 1.54) is 53.2 Å². The quantitative estimate of drug-likeness (QED) is 0.373. The summed E-state index contributed by atoms with van der Waals surface area (Å²) in [6.45, 7) is 0.916. The lowest BCUT2D eigenvalue weighted by Crippen LogP contribution is -2.48. The molecule has 0 radical (unpaired) electrons. The summed E-state index contributed by atoms with van der Waals surface area (Å²) in [5.41, 5.74) is 0.464. The second-order valence-electron chi connectivity index (χ2n) is 10.1. The maximum absolute atomic E-state index is 6.44. The standard InChI is InChI=1S/C29H31OS/c1-3-7-26(8-4-1)31(27-9-5-2-6-10-27)28-13-11-25(12-14-28)30-21-29-18-22-15-23(19-29)17-24(16-22)20-29/h1-14,22-24H,15-21H2/q+1. The Morgan fingerprint density at radius 3 is 1.55 bits per heavy atom. The summed E-state index contributed by atoms with van der Waals surface area (Å²) < 4.78 is 6.44. The van der Waals surface area contributed by atoms with Crippen molar-refractivity contribution in [3.05, 3.63) is 84.9 Å². The highest BCUT2D eigenvalue weighted by molar-refractivity contribution is 7.97. The van der Waals surface area contributed by atoms with Crippen LogP contribution in [0.1, 0.15) is 38.5 Å². The topological polar surface area (TPSA) is 9.23 Å². The fraction of sp³-hybridized carbons (Fsp3) is 0.379. The van der Waals surface area contributed by atoms with Crippen molar-refractivity contribution in [2.75, 3.05) is 6.61 Å². The van der Waals surface area contributed by atoms with Crippen LogP contribution in [0.2, 0.25) is 0 Å². The van der Waals surface area contributed by atoms with Crippen molar-refractivity contribution in [2.24, 2.45) is 23.2 Å². The molecule has 4 fully saturated rings. The lowest BCUT2D eigenvalue weighted by Gasteiger charge is -2.56. The van der Waals surface area contributed by atoms with Gasteiger partial charge >= 0.3 is 0 Å². The lowest BCUT2D eigenvalue weighted by molar-refractivity contribution is -0.0745. The third-order valence-corrected chi connectivity index (χ3v) is 9.96. The van der Waals surface area contributed by atoms with Gasteiger partial charge < -0.3 is 4.74 Å². The van der Waals surface area contributed by atoms with E-state index in [0.717, 1.165) is 30.1 Å². The van der Waals surface area contributed by atoms with Crippen LogP contribution in [-0.2, 0) is 10.9 Å². The van der Waals surface area contributed by atoms with Gasteiger partial charge in [0.15, 0.2) is 14.7 Å². The molecule has 4 bridgehead atoms. The number of ether oxygens (including phenoxy) is 1. The Labute approximate surface area is 189 Å². The molecule has 4 aliphatic rings. The highest BCUT2D eigenvalue weighted by Gasteiger charge is 2.51. The van der Waals surface area contributed by atoms with Gasteiger partial charge in [-0.25, -0.2) is 0 Å². The molecule has 158 valence electrons. The van der Waals surface area contributed by atoms with E-state index in [4.69, 9.17) is 4.74 Å². The number of hydrogen-bond acceptors (Lipinski definition) is 1. The molecule has 7 rings (SSSR count). The van der Waals surface area contributed by atoms with E-state index in [1.807, 2.05) is 0 Å². The largest absolute Gasteiger partial charge is 0.493 e. The lowest BCUT2D eigenvalue weighted by atomic mass is 9.50. The Bertz CT molecular complexity index is 937. The van der Waals surface area contributed by atoms with Crippen molar-refractivity contribution in [1.29, 1.82) is 0 Å². The summed E-state index contributed by atoms with van der Waals surface area (Å²) in [4.78, 5) is 4.06. The highest BCUT2D eigenvalue weighted by atomic mass is 32.2. The van der Waals surface area contributed by atoms with Gasteiger partial charge in [-0.05, 0) is 105 Å². The molecular weight excluding hydrogens is 396 g/mol. The van der Waals surface area contributed by atoms with Crippen molar-refractivity contribution in [2.45, 2.75) is 53.2 Å². The van der Waals surface area contributed by atoms with Gasteiger partial charge in [0, 0.05) is 5.41 Å². The van der Waals surface area contributed by atoms with Gasteiger partial charge in [0.1, 0.15) is 5.75 Å². The zero-order chi connectivity index (χ0) is 20.7. The predicted molar refractivity (Wildman–Crippen MR) is 128 cm³/mol. The Kier molecular flexibility index (Phi) is 5.07. The van der Waals surface area contributed by atoms with Gasteiger partial charge in [0.25, 0.3) is 0 Å². The smallest absolute Gasteiger partial charge is 0.166 e. The molecule has 0 spiro atoms. The monoisotopic (exact) mass is 427 g/mol. The summed E-state index contributed by atoms with van der Waals surface area (Å²) in [6, 6.07) is 30.7. The number of rotatable bonds is 6. The van der Waals surface area contributed by atoms with Crippen molar-refractivity contribution < 1.29 is 4.74 Å². The van der Waals surface area contributed by atoms with Crippen LogP contribution in [0.15, 0.2) is 99.6 Å². The van der Waals surface area contributed by atoms with Crippen LogP contribution in [0.5, 0.6) is 5.75 Å². The second-order valence-corrected chi connectivity index (χ2v) is 12.1. The Morgan fingerprint density at radius 2 is 1.06 bits per heavy atom. The Morgan fingerprint density at radius 1 is 0.613 bits per heavy atom. The molecule has 0 amide bonds. The molecule has 3 aromatic carbocycles. The van der Waals surface area contributed by atoms with E-state index in [2.05, 4.69) is 84.9 Å².